The van der Waals surface area contributed by atoms with Crippen LogP contribution in [0.1, 0.15) is 0 Å². The minimum Gasteiger partial charge on any atom is 1.00 e. The fourth-order valence-electron chi connectivity index (χ4n) is 0. The second-order valence-corrected chi connectivity index (χ2v) is 0. The third kappa shape index (κ3) is 98.6. The third-order valence-corrected chi connectivity index (χ3v) is 0. The van der Waals surface area contributed by atoms with Gasteiger partial charge in [0.25, 0.3) is 0 Å². The molecule has 0 unspecified atom stereocenters. The normalized spacial score (nSPS) is 0. The van der Waals surface area contributed by atoms with E-state index in [4.69, 9.17) is 0 Å². The van der Waals surface area contributed by atoms with E-state index < -0.39 is 0 Å². The van der Waals surface area contributed by atoms with Gasteiger partial charge in [0.05, 0.1) is 0 Å². The summed E-state index contributed by atoms with van der Waals surface area (Å²) in [7, 11) is 0. The Labute approximate surface area is 456 Å². The fourth-order valence-corrected chi connectivity index (χ4v) is 0. The molecule has 0 radical (unpaired) electrons. The molecule has 0 aliphatic heterocycles. The molecule has 0 saturated heterocycles. The second kappa shape index (κ2) is 109. The predicted octanol–water partition coefficient (Wildman–Crippen LogP) is -47.9. The summed E-state index contributed by atoms with van der Waals surface area (Å²) in [4.78, 5) is 0. The van der Waals surface area contributed by atoms with Crippen molar-refractivity contribution in [3.8, 4) is 0 Å². The van der Waals surface area contributed by atoms with Crippen LogP contribution in [0.15, 0.2) is 0 Å². The van der Waals surface area contributed by atoms with Crippen molar-refractivity contribution in [3.63, 3.8) is 0 Å². The molecule has 0 spiro atoms. The van der Waals surface area contributed by atoms with Gasteiger partial charge in [0, 0.05) is 0 Å². The van der Waals surface area contributed by atoms with Crippen molar-refractivity contribution in [3.05, 3.63) is 0 Å². The zero-order valence-corrected chi connectivity index (χ0v) is 48.0. The molecule has 0 saturated carbocycles. The van der Waals surface area contributed by atoms with Crippen LogP contribution in [-0.4, -0.2) is 0 Å². The van der Waals surface area contributed by atoms with Crippen molar-refractivity contribution >= 4 is 0 Å². The molecule has 0 fully saturated rings. The molecule has 16 heavy (non-hydrogen) atoms. The Kier molecular flexibility index (Phi) is 818. The van der Waals surface area contributed by atoms with E-state index in [1.54, 1.807) is 0 Å². The molecule has 0 aromatic rings. The molecular weight excluding hydrogens is 368 g/mol. The summed E-state index contributed by atoms with van der Waals surface area (Å²) in [5, 5.41) is 0. The van der Waals surface area contributed by atoms with E-state index in [0.717, 1.165) is 0 Å². The first-order chi connectivity index (χ1) is 0. The minimum atomic E-state index is 0. The Hall–Kier alpha value is 16.0. The summed E-state index contributed by atoms with van der Waals surface area (Å²) in [6.45, 7) is 0. The van der Waals surface area contributed by atoms with Gasteiger partial charge in [-0.3, -0.25) is 0 Å². The average Bonchev–Trinajstić information content (AvgIpc) is 0. The molecule has 0 nitrogen and oxygen atoms in total. The van der Waals surface area contributed by atoms with Crippen molar-refractivity contribution < 1.29 is 473 Å². The molecule has 0 atom stereocenters. The Morgan fingerprint density at radius 1 is 0.0625 bits per heavy atom. The van der Waals surface area contributed by atoms with Gasteiger partial charge in [0.2, 0.25) is 0 Å². The number of rotatable bonds is 0. The molecule has 16 heteroatoms. The third-order valence-electron chi connectivity index (χ3n) is 0. The molecule has 0 aromatic heterocycles. The maximum atomic E-state index is 0. The van der Waals surface area contributed by atoms with Gasteiger partial charge in [-0.05, 0) is 0 Å². The van der Waals surface area contributed by atoms with Crippen LogP contribution >= 0.6 is 0 Å². The Balaban J connectivity index is 0. The first-order valence-electron chi connectivity index (χ1n) is 0. The van der Waals surface area contributed by atoms with Crippen molar-refractivity contribution in [1.29, 1.82) is 0 Å². The van der Waals surface area contributed by atoms with Crippen LogP contribution in [0.2, 0.25) is 0 Å². The van der Waals surface area contributed by atoms with Crippen LogP contribution in [0.4, 0.5) is 0 Å². The van der Waals surface area contributed by atoms with Crippen molar-refractivity contribution in [2.45, 2.75) is 0 Å². The van der Waals surface area contributed by atoms with E-state index in [-0.39, 0.29) is 473 Å². The maximum Gasteiger partial charge on any atom is 1.00 e. The monoisotopic (exact) mass is 368 g/mol. The van der Waals surface area contributed by atoms with Crippen LogP contribution in [0.3, 0.4) is 0 Å². The quantitative estimate of drug-likeness (QED) is 0.373. The number of hydrogen-bond donors (Lipinski definition) is 0. The fraction of sp³-hybridized carbons (Fsp3) is 0. The summed E-state index contributed by atoms with van der Waals surface area (Å²) in [5.41, 5.74) is 0. The molecule has 0 valence electrons. The molecule has 0 aliphatic carbocycles. The van der Waals surface area contributed by atoms with Gasteiger partial charge in [0.15, 0.2) is 0 Å². The van der Waals surface area contributed by atoms with Gasteiger partial charge < -0.3 is 0 Å². The van der Waals surface area contributed by atoms with Crippen LogP contribution in [0.5, 0.6) is 0 Å². The van der Waals surface area contributed by atoms with Gasteiger partial charge >= 0.3 is 473 Å². The van der Waals surface area contributed by atoms with Crippen LogP contribution < -0.4 is 473 Å². The molecule has 0 aromatic carbocycles. The van der Waals surface area contributed by atoms with Crippen LogP contribution in [0.25, 0.3) is 0 Å². The summed E-state index contributed by atoms with van der Waals surface area (Å²) in [6.07, 6.45) is 0. The summed E-state index contributed by atoms with van der Waals surface area (Å²) in [5.74, 6) is 0. The minimum absolute atomic E-state index is 0. The Morgan fingerprint density at radius 3 is 0.0625 bits per heavy atom. The van der Waals surface area contributed by atoms with Gasteiger partial charge in [-0.25, -0.2) is 0 Å². The molecule has 0 heterocycles. The van der Waals surface area contributed by atoms with Crippen molar-refractivity contribution in [1.82, 2.24) is 0 Å². The van der Waals surface area contributed by atoms with Gasteiger partial charge in [-0.1, -0.05) is 0 Å². The van der Waals surface area contributed by atoms with Gasteiger partial charge in [0.1, 0.15) is 0 Å². The second-order valence-electron chi connectivity index (χ2n) is 0. The molecule has 0 N–H and O–H groups in total. The van der Waals surface area contributed by atoms with E-state index in [2.05, 4.69) is 0 Å². The van der Waals surface area contributed by atoms with Crippen LogP contribution in [0, 0.1) is 0 Å². The van der Waals surface area contributed by atoms with Crippen LogP contribution in [-0.2, 0) is 0 Å². The maximum absolute atomic E-state index is 0. The van der Waals surface area contributed by atoms with E-state index in [1.807, 2.05) is 0 Å². The first kappa shape index (κ1) is 120. The Bertz CT molecular complexity index is 0. The molecule has 0 amide bonds. The van der Waals surface area contributed by atoms with E-state index >= 15 is 0 Å². The molecule has 0 aliphatic rings. The SMILES string of the molecule is [Na+].[Na+].[Na+].[Na+].[Na+].[Na+].[Na+].[Na+].[Na+].[Na+].[Na+].[Na+].[Na+].[Na+].[Na+].[Na+]. The van der Waals surface area contributed by atoms with Gasteiger partial charge in [-0.2, -0.15) is 0 Å². The summed E-state index contributed by atoms with van der Waals surface area (Å²) in [6, 6.07) is 0. The molecule has 0 rings (SSSR count). The van der Waals surface area contributed by atoms with Gasteiger partial charge in [-0.15, -0.1) is 0 Å². The average molecular weight is 368 g/mol. The van der Waals surface area contributed by atoms with E-state index in [1.165, 1.54) is 0 Å². The standard InChI is InChI=1S/16Na/q16*+1. The molecule has 0 bridgehead atoms. The summed E-state index contributed by atoms with van der Waals surface area (Å²) < 4.78 is 0. The van der Waals surface area contributed by atoms with Crippen molar-refractivity contribution in [2.75, 3.05) is 0 Å². The Morgan fingerprint density at radius 2 is 0.0625 bits per heavy atom. The predicted molar refractivity (Wildman–Crippen MR) is 0 cm³/mol. The molecular formula is Na16+16. The van der Waals surface area contributed by atoms with E-state index in [9.17, 15) is 0 Å². The smallest absolute Gasteiger partial charge is 1.00 e. The van der Waals surface area contributed by atoms with E-state index in [0.29, 0.717) is 0 Å². The largest absolute Gasteiger partial charge is 1.00 e. The number of hydrogen-bond acceptors (Lipinski definition) is 0. The zero-order chi connectivity index (χ0) is 0. The van der Waals surface area contributed by atoms with Crippen molar-refractivity contribution in [2.24, 2.45) is 0 Å². The summed E-state index contributed by atoms with van der Waals surface area (Å²) >= 11 is 0. The first-order valence-corrected chi connectivity index (χ1v) is 0. The zero-order valence-electron chi connectivity index (χ0n) is 16.0. The topological polar surface area (TPSA) is 0 Å².